The van der Waals surface area contributed by atoms with Gasteiger partial charge in [-0.15, -0.1) is 0 Å². The number of fused-ring (bicyclic) bond motifs is 6. The van der Waals surface area contributed by atoms with Crippen molar-refractivity contribution in [1.29, 1.82) is 0 Å². The van der Waals surface area contributed by atoms with Gasteiger partial charge in [-0.2, -0.15) is 0 Å². The number of benzene rings is 2. The SMILES string of the molecule is Cc1ccc(CNC(=O)c2cn3c(c(O)c2=O)C(=O)N2CCc4cc(F)c(F)cc4C3C2)c(F)c1. The average molecular weight is 483 g/mol. The second kappa shape index (κ2) is 8.30. The van der Waals surface area contributed by atoms with E-state index in [1.54, 1.807) is 13.0 Å². The van der Waals surface area contributed by atoms with E-state index in [0.717, 1.165) is 18.3 Å². The van der Waals surface area contributed by atoms with Crippen LogP contribution in [0.2, 0.25) is 0 Å². The van der Waals surface area contributed by atoms with Gasteiger partial charge in [0.15, 0.2) is 23.1 Å². The van der Waals surface area contributed by atoms with E-state index in [9.17, 15) is 32.7 Å². The van der Waals surface area contributed by atoms with Crippen LogP contribution in [-0.4, -0.2) is 39.5 Å². The van der Waals surface area contributed by atoms with Gasteiger partial charge in [0.1, 0.15) is 11.4 Å². The number of aromatic nitrogens is 1. The van der Waals surface area contributed by atoms with Crippen molar-refractivity contribution in [2.45, 2.75) is 25.9 Å². The van der Waals surface area contributed by atoms with Crippen molar-refractivity contribution in [3.8, 4) is 5.75 Å². The summed E-state index contributed by atoms with van der Waals surface area (Å²) in [5.41, 5.74) is -0.0797. The van der Waals surface area contributed by atoms with Gasteiger partial charge in [-0.05, 0) is 48.2 Å². The fraction of sp³-hybridized carbons (Fsp3) is 0.240. The lowest BCUT2D eigenvalue weighted by atomic mass is 9.97. The van der Waals surface area contributed by atoms with Gasteiger partial charge in [0.05, 0.1) is 6.04 Å². The Morgan fingerprint density at radius 1 is 1.11 bits per heavy atom. The normalized spacial score (nSPS) is 16.4. The number of carbonyl (C=O) groups is 2. The lowest BCUT2D eigenvalue weighted by molar-refractivity contribution is 0.0686. The first-order valence-corrected chi connectivity index (χ1v) is 10.9. The zero-order valence-electron chi connectivity index (χ0n) is 18.6. The lowest BCUT2D eigenvalue weighted by Gasteiger charge is -2.35. The second-order valence-corrected chi connectivity index (χ2v) is 8.74. The maximum absolute atomic E-state index is 14.1. The first-order chi connectivity index (χ1) is 16.7. The van der Waals surface area contributed by atoms with Crippen LogP contribution in [0.5, 0.6) is 5.75 Å². The smallest absolute Gasteiger partial charge is 0.274 e. The van der Waals surface area contributed by atoms with E-state index in [4.69, 9.17) is 0 Å². The van der Waals surface area contributed by atoms with Crippen LogP contribution in [-0.2, 0) is 13.0 Å². The molecule has 1 atom stereocenters. The number of pyridine rings is 1. The summed E-state index contributed by atoms with van der Waals surface area (Å²) in [6.45, 7) is 1.78. The number of aromatic hydroxyl groups is 1. The molecule has 0 radical (unpaired) electrons. The second-order valence-electron chi connectivity index (χ2n) is 8.74. The summed E-state index contributed by atoms with van der Waals surface area (Å²) in [5, 5.41) is 13.1. The van der Waals surface area contributed by atoms with Gasteiger partial charge >= 0.3 is 0 Å². The molecule has 35 heavy (non-hydrogen) atoms. The molecule has 0 saturated heterocycles. The zero-order chi connectivity index (χ0) is 25.0. The van der Waals surface area contributed by atoms with Crippen LogP contribution in [0.3, 0.4) is 0 Å². The summed E-state index contributed by atoms with van der Waals surface area (Å²) >= 11 is 0. The van der Waals surface area contributed by atoms with E-state index < -0.39 is 52.0 Å². The third kappa shape index (κ3) is 3.74. The zero-order valence-corrected chi connectivity index (χ0v) is 18.6. The fourth-order valence-electron chi connectivity index (χ4n) is 4.66. The first-order valence-electron chi connectivity index (χ1n) is 10.9. The number of nitrogens with zero attached hydrogens (tertiary/aromatic N) is 2. The van der Waals surface area contributed by atoms with E-state index >= 15 is 0 Å². The minimum atomic E-state index is -1.07. The molecule has 2 aliphatic rings. The monoisotopic (exact) mass is 483 g/mol. The molecular formula is C25H20F3N3O4. The van der Waals surface area contributed by atoms with E-state index in [1.165, 1.54) is 21.6 Å². The Labute approximate surface area is 197 Å². The topological polar surface area (TPSA) is 91.6 Å². The molecule has 2 amide bonds. The van der Waals surface area contributed by atoms with Gasteiger partial charge in [-0.3, -0.25) is 14.4 Å². The molecule has 7 nitrogen and oxygen atoms in total. The number of amides is 2. The van der Waals surface area contributed by atoms with Crippen molar-refractivity contribution >= 4 is 11.8 Å². The van der Waals surface area contributed by atoms with Crippen molar-refractivity contribution in [3.05, 3.63) is 97.7 Å². The third-order valence-corrected chi connectivity index (χ3v) is 6.51. The van der Waals surface area contributed by atoms with Crippen LogP contribution in [0.15, 0.2) is 41.3 Å². The number of aryl methyl sites for hydroxylation is 1. The molecule has 10 heteroatoms. The predicted octanol–water partition coefficient (Wildman–Crippen LogP) is 2.81. The van der Waals surface area contributed by atoms with Gasteiger partial charge in [0, 0.05) is 31.4 Å². The Bertz CT molecular complexity index is 1470. The van der Waals surface area contributed by atoms with Gasteiger partial charge in [0.25, 0.3) is 11.8 Å². The third-order valence-electron chi connectivity index (χ3n) is 6.51. The minimum Gasteiger partial charge on any atom is -0.503 e. The van der Waals surface area contributed by atoms with Crippen LogP contribution in [0.1, 0.15) is 49.1 Å². The van der Waals surface area contributed by atoms with Crippen LogP contribution in [0, 0.1) is 24.4 Å². The molecule has 2 aliphatic heterocycles. The molecule has 0 saturated carbocycles. The highest BCUT2D eigenvalue weighted by Crippen LogP contribution is 2.35. The van der Waals surface area contributed by atoms with E-state index in [0.29, 0.717) is 16.7 Å². The van der Waals surface area contributed by atoms with Gasteiger partial charge in [0.2, 0.25) is 5.43 Å². The summed E-state index contributed by atoms with van der Waals surface area (Å²) in [6, 6.07) is 5.83. The van der Waals surface area contributed by atoms with Crippen molar-refractivity contribution in [2.75, 3.05) is 13.1 Å². The Morgan fingerprint density at radius 3 is 2.60 bits per heavy atom. The van der Waals surface area contributed by atoms with Crippen LogP contribution in [0.4, 0.5) is 13.2 Å². The minimum absolute atomic E-state index is 0.0852. The maximum Gasteiger partial charge on any atom is 0.274 e. The Morgan fingerprint density at radius 2 is 1.86 bits per heavy atom. The lowest BCUT2D eigenvalue weighted by Crippen LogP contribution is -2.45. The van der Waals surface area contributed by atoms with Gasteiger partial charge in [-0.1, -0.05) is 12.1 Å². The molecule has 2 aromatic carbocycles. The molecule has 0 spiro atoms. The summed E-state index contributed by atoms with van der Waals surface area (Å²) in [4.78, 5) is 40.1. The molecule has 2 N–H and O–H groups in total. The molecule has 2 bridgehead atoms. The molecular weight excluding hydrogens is 463 g/mol. The summed E-state index contributed by atoms with van der Waals surface area (Å²) in [7, 11) is 0. The predicted molar refractivity (Wildman–Crippen MR) is 119 cm³/mol. The number of hydrogen-bond acceptors (Lipinski definition) is 4. The number of hydrogen-bond donors (Lipinski definition) is 2. The van der Waals surface area contributed by atoms with Crippen LogP contribution in [0.25, 0.3) is 0 Å². The van der Waals surface area contributed by atoms with Crippen molar-refractivity contribution in [3.63, 3.8) is 0 Å². The molecule has 3 heterocycles. The fourth-order valence-corrected chi connectivity index (χ4v) is 4.66. The number of carbonyl (C=O) groups excluding carboxylic acids is 2. The van der Waals surface area contributed by atoms with Gasteiger partial charge < -0.3 is 19.9 Å². The van der Waals surface area contributed by atoms with Gasteiger partial charge in [-0.25, -0.2) is 13.2 Å². The average Bonchev–Trinajstić information content (AvgIpc) is 2.97. The van der Waals surface area contributed by atoms with E-state index in [2.05, 4.69) is 5.32 Å². The van der Waals surface area contributed by atoms with Crippen molar-refractivity contribution < 1.29 is 27.9 Å². The van der Waals surface area contributed by atoms with E-state index in [-0.39, 0.29) is 37.3 Å². The maximum atomic E-state index is 14.1. The highest BCUT2D eigenvalue weighted by Gasteiger charge is 2.38. The number of halogens is 3. The Balaban J connectivity index is 1.57. The molecule has 3 aromatic rings. The van der Waals surface area contributed by atoms with Crippen LogP contribution >= 0.6 is 0 Å². The van der Waals surface area contributed by atoms with E-state index in [1.807, 2.05) is 0 Å². The number of rotatable bonds is 3. The molecule has 1 unspecified atom stereocenters. The largest absolute Gasteiger partial charge is 0.503 e. The molecule has 5 rings (SSSR count). The van der Waals surface area contributed by atoms with Crippen molar-refractivity contribution in [1.82, 2.24) is 14.8 Å². The molecule has 0 aliphatic carbocycles. The molecule has 180 valence electrons. The summed E-state index contributed by atoms with van der Waals surface area (Å²) < 4.78 is 43.4. The van der Waals surface area contributed by atoms with Crippen molar-refractivity contribution in [2.24, 2.45) is 0 Å². The molecule has 0 fully saturated rings. The highest BCUT2D eigenvalue weighted by atomic mass is 19.2. The van der Waals surface area contributed by atoms with Crippen LogP contribution < -0.4 is 10.7 Å². The Kier molecular flexibility index (Phi) is 5.38. The standard InChI is InChI=1S/C25H20F3N3O4/c1-12-2-3-14(17(26)6-12)9-29-24(34)16-10-31-20-11-30(25(35)21(31)23(33)22(16)32)5-4-13-7-18(27)19(28)8-15(13)20/h2-3,6-8,10,20,33H,4-5,9,11H2,1H3,(H,29,34). The Hall–Kier alpha value is -4.08. The summed E-state index contributed by atoms with van der Waals surface area (Å²) in [5.74, 6) is -5.03. The highest BCUT2D eigenvalue weighted by molar-refractivity contribution is 5.99. The number of nitrogens with one attached hydrogen (secondary N) is 1. The quantitative estimate of drug-likeness (QED) is 0.600. The first kappa shape index (κ1) is 22.7. The summed E-state index contributed by atoms with van der Waals surface area (Å²) in [6.07, 6.45) is 1.39. The molecule has 1 aromatic heterocycles.